The number of aryl methyl sites for hydroxylation is 2. The average Bonchev–Trinajstić information content (AvgIpc) is 2.78. The number of methoxy groups -OCH3 is 2. The van der Waals surface area contributed by atoms with E-state index in [0.29, 0.717) is 13.2 Å². The molecule has 3 aromatic rings. The van der Waals surface area contributed by atoms with Crippen molar-refractivity contribution in [3.63, 3.8) is 0 Å². The Bertz CT molecular complexity index is 1040. The number of rotatable bonds is 9. The first-order chi connectivity index (χ1) is 15.0. The van der Waals surface area contributed by atoms with Crippen LogP contribution in [0.25, 0.3) is 22.3 Å². The van der Waals surface area contributed by atoms with Crippen LogP contribution in [-0.2, 0) is 0 Å². The second kappa shape index (κ2) is 10.4. The fraction of sp³-hybridized carbons (Fsp3) is 0.333. The highest BCUT2D eigenvalue weighted by Gasteiger charge is 2.17. The smallest absolute Gasteiger partial charge is 0.126 e. The zero-order valence-electron chi connectivity index (χ0n) is 19.2. The summed E-state index contributed by atoms with van der Waals surface area (Å²) in [5, 5.41) is 0. The number of nitrogens with two attached hydrogens (primary N) is 1. The lowest BCUT2D eigenvalue weighted by Gasteiger charge is -2.19. The molecule has 0 fully saturated rings. The predicted molar refractivity (Wildman–Crippen MR) is 128 cm³/mol. The van der Waals surface area contributed by atoms with Gasteiger partial charge in [-0.05, 0) is 104 Å². The predicted octanol–water partition coefficient (Wildman–Crippen LogP) is 6.08. The van der Waals surface area contributed by atoms with Gasteiger partial charge in [-0.25, -0.2) is 0 Å². The molecular weight excluding hydrogens is 386 g/mol. The van der Waals surface area contributed by atoms with Crippen molar-refractivity contribution in [1.29, 1.82) is 0 Å². The molecule has 0 bridgehead atoms. The number of ether oxygens (including phenoxy) is 3. The molecule has 3 rings (SSSR count). The van der Waals surface area contributed by atoms with Gasteiger partial charge in [0.15, 0.2) is 0 Å². The second-order valence-corrected chi connectivity index (χ2v) is 7.87. The third kappa shape index (κ3) is 5.20. The molecule has 4 heteroatoms. The van der Waals surface area contributed by atoms with Crippen molar-refractivity contribution in [1.82, 2.24) is 0 Å². The van der Waals surface area contributed by atoms with Gasteiger partial charge in [0.1, 0.15) is 17.2 Å². The zero-order chi connectivity index (χ0) is 22.4. The Balaban J connectivity index is 2.19. The summed E-state index contributed by atoms with van der Waals surface area (Å²) >= 11 is 0. The van der Waals surface area contributed by atoms with Crippen molar-refractivity contribution in [2.24, 2.45) is 5.73 Å². The minimum atomic E-state index is 0.640. The zero-order valence-corrected chi connectivity index (χ0v) is 19.2. The molecule has 0 unspecified atom stereocenters. The molecule has 0 amide bonds. The monoisotopic (exact) mass is 419 g/mol. The van der Waals surface area contributed by atoms with E-state index in [-0.39, 0.29) is 0 Å². The van der Waals surface area contributed by atoms with Crippen LogP contribution in [0.1, 0.15) is 29.5 Å². The maximum atomic E-state index is 6.16. The molecule has 0 aliphatic heterocycles. The van der Waals surface area contributed by atoms with Gasteiger partial charge in [0.05, 0.1) is 20.8 Å². The van der Waals surface area contributed by atoms with Crippen molar-refractivity contribution in [2.45, 2.75) is 33.6 Å². The first kappa shape index (κ1) is 22.7. The lowest BCUT2D eigenvalue weighted by Crippen LogP contribution is -2.04. The fourth-order valence-corrected chi connectivity index (χ4v) is 3.82. The van der Waals surface area contributed by atoms with Crippen molar-refractivity contribution in [3.05, 3.63) is 65.2 Å². The SMILES string of the molecule is COc1ccc(C)c(-c2cc(OCCCCN)cc(-c3cc(C)ccc3OC)c2C)c1. The van der Waals surface area contributed by atoms with Crippen LogP contribution in [-0.4, -0.2) is 27.4 Å². The highest BCUT2D eigenvalue weighted by atomic mass is 16.5. The normalized spacial score (nSPS) is 10.8. The molecule has 0 spiro atoms. The van der Waals surface area contributed by atoms with Crippen LogP contribution >= 0.6 is 0 Å². The Morgan fingerprint density at radius 3 is 2.10 bits per heavy atom. The van der Waals surface area contributed by atoms with E-state index in [4.69, 9.17) is 19.9 Å². The minimum Gasteiger partial charge on any atom is -0.497 e. The number of unbranched alkanes of at least 4 members (excludes halogenated alkanes) is 1. The summed E-state index contributed by atoms with van der Waals surface area (Å²) in [7, 11) is 3.41. The van der Waals surface area contributed by atoms with E-state index in [2.05, 4.69) is 57.2 Å². The van der Waals surface area contributed by atoms with E-state index >= 15 is 0 Å². The molecule has 0 atom stereocenters. The Labute approximate surface area is 186 Å². The molecular formula is C27H33NO3. The fourth-order valence-electron chi connectivity index (χ4n) is 3.82. The summed E-state index contributed by atoms with van der Waals surface area (Å²) in [6.07, 6.45) is 1.88. The number of hydrogen-bond acceptors (Lipinski definition) is 4. The summed E-state index contributed by atoms with van der Waals surface area (Å²) in [5.41, 5.74) is 13.6. The standard InChI is InChI=1S/C27H33NO3/c1-18-8-11-27(30-5)26(14-18)25-17-22(31-13-7-6-12-28)16-24(20(25)3)23-15-21(29-4)10-9-19(23)2/h8-11,14-17H,6-7,12-13,28H2,1-5H3. The van der Waals surface area contributed by atoms with Gasteiger partial charge in [-0.1, -0.05) is 17.7 Å². The first-order valence-corrected chi connectivity index (χ1v) is 10.8. The Hall–Kier alpha value is -2.98. The van der Waals surface area contributed by atoms with Gasteiger partial charge in [0, 0.05) is 5.56 Å². The van der Waals surface area contributed by atoms with E-state index in [1.807, 2.05) is 12.1 Å². The average molecular weight is 420 g/mol. The van der Waals surface area contributed by atoms with Gasteiger partial charge in [-0.2, -0.15) is 0 Å². The van der Waals surface area contributed by atoms with Crippen LogP contribution in [0.3, 0.4) is 0 Å². The van der Waals surface area contributed by atoms with Crippen molar-refractivity contribution in [3.8, 4) is 39.5 Å². The van der Waals surface area contributed by atoms with Crippen molar-refractivity contribution in [2.75, 3.05) is 27.4 Å². The van der Waals surface area contributed by atoms with Crippen LogP contribution in [0.5, 0.6) is 17.2 Å². The Morgan fingerprint density at radius 2 is 1.42 bits per heavy atom. The van der Waals surface area contributed by atoms with E-state index in [0.717, 1.165) is 52.3 Å². The van der Waals surface area contributed by atoms with Gasteiger partial charge >= 0.3 is 0 Å². The molecule has 2 N–H and O–H groups in total. The molecule has 0 saturated heterocycles. The number of hydrogen-bond donors (Lipinski definition) is 1. The molecule has 0 aliphatic carbocycles. The van der Waals surface area contributed by atoms with Gasteiger partial charge in [-0.15, -0.1) is 0 Å². The lowest BCUT2D eigenvalue weighted by molar-refractivity contribution is 0.308. The second-order valence-electron chi connectivity index (χ2n) is 7.87. The first-order valence-electron chi connectivity index (χ1n) is 10.8. The summed E-state index contributed by atoms with van der Waals surface area (Å²) in [6, 6.07) is 16.7. The van der Waals surface area contributed by atoms with Crippen LogP contribution in [0.2, 0.25) is 0 Å². The molecule has 0 aromatic heterocycles. The van der Waals surface area contributed by atoms with Crippen LogP contribution in [0.4, 0.5) is 0 Å². The summed E-state index contributed by atoms with van der Waals surface area (Å²) in [4.78, 5) is 0. The molecule has 3 aromatic carbocycles. The Kier molecular flexibility index (Phi) is 7.59. The van der Waals surface area contributed by atoms with Gasteiger partial charge in [-0.3, -0.25) is 0 Å². The topological polar surface area (TPSA) is 53.7 Å². The van der Waals surface area contributed by atoms with Gasteiger partial charge < -0.3 is 19.9 Å². The summed E-state index contributed by atoms with van der Waals surface area (Å²) in [5.74, 6) is 2.53. The van der Waals surface area contributed by atoms with E-state index in [1.54, 1.807) is 14.2 Å². The minimum absolute atomic E-state index is 0.640. The molecule has 31 heavy (non-hydrogen) atoms. The summed E-state index contributed by atoms with van der Waals surface area (Å²) in [6.45, 7) is 7.69. The molecule has 0 heterocycles. The molecule has 4 nitrogen and oxygen atoms in total. The third-order valence-electron chi connectivity index (χ3n) is 5.63. The summed E-state index contributed by atoms with van der Waals surface area (Å²) < 4.78 is 17.4. The van der Waals surface area contributed by atoms with Crippen LogP contribution in [0.15, 0.2) is 48.5 Å². The van der Waals surface area contributed by atoms with Crippen LogP contribution < -0.4 is 19.9 Å². The van der Waals surface area contributed by atoms with E-state index in [9.17, 15) is 0 Å². The lowest BCUT2D eigenvalue weighted by atomic mass is 9.89. The molecule has 0 aliphatic rings. The van der Waals surface area contributed by atoms with E-state index < -0.39 is 0 Å². The molecule has 164 valence electrons. The van der Waals surface area contributed by atoms with Crippen LogP contribution in [0, 0.1) is 20.8 Å². The highest BCUT2D eigenvalue weighted by molar-refractivity contribution is 5.84. The molecule has 0 radical (unpaired) electrons. The molecule has 0 saturated carbocycles. The maximum absolute atomic E-state index is 6.16. The van der Waals surface area contributed by atoms with E-state index in [1.165, 1.54) is 16.7 Å². The largest absolute Gasteiger partial charge is 0.497 e. The van der Waals surface area contributed by atoms with Crippen molar-refractivity contribution >= 4 is 0 Å². The quantitative estimate of drug-likeness (QED) is 0.427. The van der Waals surface area contributed by atoms with Crippen molar-refractivity contribution < 1.29 is 14.2 Å². The Morgan fingerprint density at radius 1 is 0.710 bits per heavy atom. The maximum Gasteiger partial charge on any atom is 0.126 e. The van der Waals surface area contributed by atoms with Gasteiger partial charge in [0.2, 0.25) is 0 Å². The third-order valence-corrected chi connectivity index (χ3v) is 5.63. The number of benzene rings is 3. The highest BCUT2D eigenvalue weighted by Crippen LogP contribution is 2.41. The van der Waals surface area contributed by atoms with Gasteiger partial charge in [0.25, 0.3) is 0 Å².